The van der Waals surface area contributed by atoms with E-state index in [0.717, 1.165) is 23.4 Å². The van der Waals surface area contributed by atoms with Gasteiger partial charge in [0, 0.05) is 13.1 Å². The minimum atomic E-state index is 0.0607. The molecule has 1 aliphatic heterocycles. The maximum absolute atomic E-state index is 12.4. The highest BCUT2D eigenvalue weighted by molar-refractivity contribution is 7.12. The lowest BCUT2D eigenvalue weighted by Gasteiger charge is -2.28. The number of Topliss-reactive ketones (excluding diaryl/α,β-unsaturated/α-hetero) is 1. The highest BCUT2D eigenvalue weighted by Gasteiger charge is 2.20. The fourth-order valence-corrected chi connectivity index (χ4v) is 3.46. The Kier molecular flexibility index (Phi) is 3.88. The molecule has 0 bridgehead atoms. The van der Waals surface area contributed by atoms with Gasteiger partial charge in [-0.2, -0.15) is 0 Å². The largest absolute Gasteiger partial charge is 0.338 e. The number of hydrogen-bond acceptors (Lipinski definition) is 3. The standard InChI is InChI=1S/C17H17NO2S/c1-12(19)16-8-13(11-21-16)9-17(20)18-7-6-14-4-2-3-5-15(14)10-18/h2-5,8,11H,6-7,9-10H2,1H3. The minimum absolute atomic E-state index is 0.0607. The molecule has 2 aromatic rings. The molecule has 0 aliphatic carbocycles. The van der Waals surface area contributed by atoms with Crippen molar-refractivity contribution in [1.29, 1.82) is 0 Å². The summed E-state index contributed by atoms with van der Waals surface area (Å²) < 4.78 is 0. The molecular weight excluding hydrogens is 282 g/mol. The van der Waals surface area contributed by atoms with Gasteiger partial charge in [0.15, 0.2) is 5.78 Å². The lowest BCUT2D eigenvalue weighted by Crippen LogP contribution is -2.36. The summed E-state index contributed by atoms with van der Waals surface area (Å²) in [7, 11) is 0. The molecule has 21 heavy (non-hydrogen) atoms. The normalized spacial score (nSPS) is 13.9. The van der Waals surface area contributed by atoms with Crippen LogP contribution in [-0.4, -0.2) is 23.1 Å². The first kappa shape index (κ1) is 14.0. The molecule has 0 saturated carbocycles. The molecule has 3 nitrogen and oxygen atoms in total. The van der Waals surface area contributed by atoms with Crippen LogP contribution < -0.4 is 0 Å². The van der Waals surface area contributed by atoms with Crippen molar-refractivity contribution in [3.63, 3.8) is 0 Å². The Balaban J connectivity index is 1.67. The Hall–Kier alpha value is -1.94. The number of amides is 1. The van der Waals surface area contributed by atoms with Gasteiger partial charge in [0.1, 0.15) is 0 Å². The molecule has 2 heterocycles. The number of nitrogens with zero attached hydrogens (tertiary/aromatic N) is 1. The van der Waals surface area contributed by atoms with Crippen molar-refractivity contribution in [2.75, 3.05) is 6.54 Å². The number of carbonyl (C=O) groups is 2. The van der Waals surface area contributed by atoms with Crippen molar-refractivity contribution in [3.8, 4) is 0 Å². The smallest absolute Gasteiger partial charge is 0.227 e. The SMILES string of the molecule is CC(=O)c1cc(CC(=O)N2CCc3ccccc3C2)cs1. The van der Waals surface area contributed by atoms with Crippen LogP contribution in [-0.2, 0) is 24.2 Å². The number of thiophene rings is 1. The number of ketones is 1. The minimum Gasteiger partial charge on any atom is -0.338 e. The first-order valence-corrected chi connectivity index (χ1v) is 7.94. The van der Waals surface area contributed by atoms with E-state index in [1.54, 1.807) is 6.92 Å². The maximum Gasteiger partial charge on any atom is 0.227 e. The average Bonchev–Trinajstić information content (AvgIpc) is 2.95. The molecule has 0 saturated heterocycles. The van der Waals surface area contributed by atoms with E-state index in [0.29, 0.717) is 13.0 Å². The zero-order valence-corrected chi connectivity index (χ0v) is 12.8. The van der Waals surface area contributed by atoms with E-state index in [1.165, 1.54) is 22.5 Å². The van der Waals surface area contributed by atoms with Gasteiger partial charge < -0.3 is 4.90 Å². The Morgan fingerprint density at radius 2 is 2.00 bits per heavy atom. The van der Waals surface area contributed by atoms with Crippen LogP contribution in [0.5, 0.6) is 0 Å². The van der Waals surface area contributed by atoms with Crippen molar-refractivity contribution < 1.29 is 9.59 Å². The second-order valence-electron chi connectivity index (χ2n) is 5.39. The van der Waals surface area contributed by atoms with Gasteiger partial charge in [-0.3, -0.25) is 9.59 Å². The third kappa shape index (κ3) is 3.05. The van der Waals surface area contributed by atoms with Crippen LogP contribution in [0.3, 0.4) is 0 Å². The Bertz CT molecular complexity index is 690. The van der Waals surface area contributed by atoms with E-state index >= 15 is 0 Å². The van der Waals surface area contributed by atoms with E-state index in [-0.39, 0.29) is 11.7 Å². The molecule has 0 fully saturated rings. The summed E-state index contributed by atoms with van der Waals surface area (Å²) in [6.07, 6.45) is 1.30. The topological polar surface area (TPSA) is 37.4 Å². The second-order valence-corrected chi connectivity index (χ2v) is 6.30. The molecule has 3 rings (SSSR count). The number of fused-ring (bicyclic) bond motifs is 1. The Labute approximate surface area is 128 Å². The van der Waals surface area contributed by atoms with Crippen LogP contribution in [0.4, 0.5) is 0 Å². The van der Waals surface area contributed by atoms with E-state index in [9.17, 15) is 9.59 Å². The van der Waals surface area contributed by atoms with Crippen molar-refractivity contribution >= 4 is 23.0 Å². The summed E-state index contributed by atoms with van der Waals surface area (Å²) in [5.41, 5.74) is 3.52. The summed E-state index contributed by atoms with van der Waals surface area (Å²) in [5.74, 6) is 0.197. The monoisotopic (exact) mass is 299 g/mol. The predicted octanol–water partition coefficient (Wildman–Crippen LogP) is 3.08. The van der Waals surface area contributed by atoms with Gasteiger partial charge >= 0.3 is 0 Å². The van der Waals surface area contributed by atoms with E-state index in [2.05, 4.69) is 12.1 Å². The van der Waals surface area contributed by atoms with Crippen molar-refractivity contribution in [2.45, 2.75) is 26.3 Å². The lowest BCUT2D eigenvalue weighted by molar-refractivity contribution is -0.131. The van der Waals surface area contributed by atoms with Gasteiger partial charge in [-0.1, -0.05) is 24.3 Å². The average molecular weight is 299 g/mol. The third-order valence-electron chi connectivity index (χ3n) is 3.84. The predicted molar refractivity (Wildman–Crippen MR) is 83.6 cm³/mol. The van der Waals surface area contributed by atoms with Gasteiger partial charge in [0.25, 0.3) is 0 Å². The number of hydrogen-bond donors (Lipinski definition) is 0. The molecular formula is C17H17NO2S. The molecule has 1 aliphatic rings. The van der Waals surface area contributed by atoms with Crippen molar-refractivity contribution in [3.05, 3.63) is 57.3 Å². The zero-order valence-electron chi connectivity index (χ0n) is 12.0. The summed E-state index contributed by atoms with van der Waals surface area (Å²) in [4.78, 5) is 26.3. The highest BCUT2D eigenvalue weighted by atomic mass is 32.1. The maximum atomic E-state index is 12.4. The summed E-state index contributed by atoms with van der Waals surface area (Å²) in [6, 6.07) is 10.1. The molecule has 1 amide bonds. The van der Waals surface area contributed by atoms with Crippen molar-refractivity contribution in [2.24, 2.45) is 0 Å². The van der Waals surface area contributed by atoms with Crippen LogP contribution in [0.1, 0.15) is 33.3 Å². The highest BCUT2D eigenvalue weighted by Crippen LogP contribution is 2.21. The Morgan fingerprint density at radius 1 is 1.24 bits per heavy atom. The number of rotatable bonds is 3. The fourth-order valence-electron chi connectivity index (χ4n) is 2.65. The van der Waals surface area contributed by atoms with E-state index in [1.807, 2.05) is 28.5 Å². The molecule has 0 N–H and O–H groups in total. The molecule has 4 heteroatoms. The molecule has 108 valence electrons. The van der Waals surface area contributed by atoms with Crippen LogP contribution in [0.2, 0.25) is 0 Å². The van der Waals surface area contributed by atoms with Crippen molar-refractivity contribution in [1.82, 2.24) is 4.90 Å². The van der Waals surface area contributed by atoms with Crippen LogP contribution in [0.25, 0.3) is 0 Å². The number of benzene rings is 1. The summed E-state index contributed by atoms with van der Waals surface area (Å²) in [6.45, 7) is 3.03. The zero-order chi connectivity index (χ0) is 14.8. The molecule has 1 aromatic carbocycles. The summed E-state index contributed by atoms with van der Waals surface area (Å²) >= 11 is 1.41. The molecule has 0 radical (unpaired) electrons. The quantitative estimate of drug-likeness (QED) is 0.817. The van der Waals surface area contributed by atoms with Gasteiger partial charge in [0.05, 0.1) is 11.3 Å². The van der Waals surface area contributed by atoms with Crippen LogP contribution >= 0.6 is 11.3 Å². The molecule has 1 aromatic heterocycles. The lowest BCUT2D eigenvalue weighted by atomic mass is 9.99. The van der Waals surface area contributed by atoms with E-state index < -0.39 is 0 Å². The second kappa shape index (κ2) is 5.82. The number of carbonyl (C=O) groups excluding carboxylic acids is 2. The first-order chi connectivity index (χ1) is 10.1. The molecule has 0 spiro atoms. The van der Waals surface area contributed by atoms with Gasteiger partial charge in [-0.25, -0.2) is 0 Å². The Morgan fingerprint density at radius 3 is 2.71 bits per heavy atom. The molecule has 0 unspecified atom stereocenters. The van der Waals surface area contributed by atoms with Gasteiger partial charge in [-0.15, -0.1) is 11.3 Å². The summed E-state index contributed by atoms with van der Waals surface area (Å²) in [5, 5.41) is 1.91. The fraction of sp³-hybridized carbons (Fsp3) is 0.294. The van der Waals surface area contributed by atoms with Crippen LogP contribution in [0.15, 0.2) is 35.7 Å². The molecule has 0 atom stereocenters. The van der Waals surface area contributed by atoms with Crippen LogP contribution in [0, 0.1) is 0 Å². The van der Waals surface area contributed by atoms with E-state index in [4.69, 9.17) is 0 Å². The van der Waals surface area contributed by atoms with Gasteiger partial charge in [0.2, 0.25) is 5.91 Å². The third-order valence-corrected chi connectivity index (χ3v) is 4.92. The first-order valence-electron chi connectivity index (χ1n) is 7.06. The van der Waals surface area contributed by atoms with Gasteiger partial charge in [-0.05, 0) is 41.5 Å².